The Hall–Kier alpha value is -1.68. The number of benzene rings is 1. The summed E-state index contributed by atoms with van der Waals surface area (Å²) in [6.45, 7) is 7.15. The molecule has 0 aliphatic rings. The fourth-order valence-electron chi connectivity index (χ4n) is 2.04. The van der Waals surface area contributed by atoms with Crippen LogP contribution in [0.1, 0.15) is 25.0 Å². The van der Waals surface area contributed by atoms with Crippen LogP contribution in [0.25, 0.3) is 0 Å². The summed E-state index contributed by atoms with van der Waals surface area (Å²) in [6, 6.07) is 8.88. The van der Waals surface area contributed by atoms with Crippen molar-refractivity contribution >= 4 is 0 Å². The third-order valence-corrected chi connectivity index (χ3v) is 2.99. The number of nitrogens with zero attached hydrogens (tertiary/aromatic N) is 3. The highest BCUT2D eigenvalue weighted by Crippen LogP contribution is 2.09. The molecule has 0 spiro atoms. The number of rotatable bonds is 7. The zero-order valence-corrected chi connectivity index (χ0v) is 11.7. The van der Waals surface area contributed by atoms with E-state index >= 15 is 0 Å². The van der Waals surface area contributed by atoms with Crippen molar-refractivity contribution < 1.29 is 0 Å². The second-order valence-electron chi connectivity index (χ2n) is 5.26. The van der Waals surface area contributed by atoms with E-state index in [4.69, 9.17) is 0 Å². The van der Waals surface area contributed by atoms with E-state index in [9.17, 15) is 0 Å². The van der Waals surface area contributed by atoms with Crippen LogP contribution in [0.15, 0.2) is 36.7 Å². The molecule has 2 rings (SSSR count). The minimum atomic E-state index is 0.714. The number of aromatic nitrogens is 3. The molecule has 1 N–H and O–H groups in total. The van der Waals surface area contributed by atoms with Gasteiger partial charge in [-0.3, -0.25) is 4.68 Å². The first-order chi connectivity index (χ1) is 9.24. The van der Waals surface area contributed by atoms with Crippen LogP contribution in [-0.4, -0.2) is 21.5 Å². The number of hydrogen-bond donors (Lipinski definition) is 1. The zero-order chi connectivity index (χ0) is 13.5. The van der Waals surface area contributed by atoms with Crippen LogP contribution < -0.4 is 5.32 Å². The lowest BCUT2D eigenvalue weighted by atomic mass is 10.0. The van der Waals surface area contributed by atoms with E-state index in [1.807, 2.05) is 10.9 Å². The summed E-state index contributed by atoms with van der Waals surface area (Å²) in [5.41, 5.74) is 2.74. The van der Waals surface area contributed by atoms with Gasteiger partial charge in [0.1, 0.15) is 0 Å². The van der Waals surface area contributed by atoms with Crippen molar-refractivity contribution in [3.05, 3.63) is 47.8 Å². The van der Waals surface area contributed by atoms with Crippen molar-refractivity contribution in [3.63, 3.8) is 0 Å². The summed E-state index contributed by atoms with van der Waals surface area (Å²) >= 11 is 0. The van der Waals surface area contributed by atoms with Gasteiger partial charge in [-0.2, -0.15) is 0 Å². The minimum Gasteiger partial charge on any atom is -0.311 e. The van der Waals surface area contributed by atoms with Crippen molar-refractivity contribution in [2.75, 3.05) is 6.54 Å². The third-order valence-electron chi connectivity index (χ3n) is 2.99. The molecule has 0 fully saturated rings. The van der Waals surface area contributed by atoms with Crippen molar-refractivity contribution in [2.45, 2.75) is 33.4 Å². The minimum absolute atomic E-state index is 0.714. The van der Waals surface area contributed by atoms with Crippen molar-refractivity contribution in [1.29, 1.82) is 0 Å². The molecule has 0 aliphatic heterocycles. The SMILES string of the molecule is CC(C)Cc1ccc(CNCCn2ccnn2)cc1. The van der Waals surface area contributed by atoms with E-state index in [1.165, 1.54) is 11.1 Å². The largest absolute Gasteiger partial charge is 0.311 e. The van der Waals surface area contributed by atoms with Gasteiger partial charge in [-0.25, -0.2) is 0 Å². The van der Waals surface area contributed by atoms with Crippen LogP contribution in [0.3, 0.4) is 0 Å². The molecule has 102 valence electrons. The number of hydrogen-bond acceptors (Lipinski definition) is 3. The van der Waals surface area contributed by atoms with Crippen molar-refractivity contribution in [2.24, 2.45) is 5.92 Å². The maximum absolute atomic E-state index is 3.93. The van der Waals surface area contributed by atoms with E-state index in [2.05, 4.69) is 53.7 Å². The maximum atomic E-state index is 3.93. The molecule has 0 saturated heterocycles. The molecule has 0 aliphatic carbocycles. The van der Waals surface area contributed by atoms with Gasteiger partial charge in [-0.1, -0.05) is 43.3 Å². The van der Waals surface area contributed by atoms with Crippen molar-refractivity contribution in [3.8, 4) is 0 Å². The van der Waals surface area contributed by atoms with Gasteiger partial charge in [0.05, 0.1) is 12.7 Å². The van der Waals surface area contributed by atoms with Gasteiger partial charge in [0.2, 0.25) is 0 Å². The molecule has 1 heterocycles. The molecule has 1 aromatic heterocycles. The molecule has 0 saturated carbocycles. The Morgan fingerprint density at radius 2 is 1.89 bits per heavy atom. The first-order valence-electron chi connectivity index (χ1n) is 6.86. The van der Waals surface area contributed by atoms with Gasteiger partial charge in [0.15, 0.2) is 0 Å². The predicted molar refractivity (Wildman–Crippen MR) is 76.7 cm³/mol. The van der Waals surface area contributed by atoms with Gasteiger partial charge in [-0.05, 0) is 23.5 Å². The molecule has 0 bridgehead atoms. The molecular formula is C15H22N4. The topological polar surface area (TPSA) is 42.7 Å². The first kappa shape index (κ1) is 13.7. The van der Waals surface area contributed by atoms with Crippen LogP contribution in [-0.2, 0) is 19.5 Å². The van der Waals surface area contributed by atoms with E-state index in [-0.39, 0.29) is 0 Å². The lowest BCUT2D eigenvalue weighted by Gasteiger charge is -2.07. The van der Waals surface area contributed by atoms with E-state index in [1.54, 1.807) is 6.20 Å². The van der Waals surface area contributed by atoms with Gasteiger partial charge in [0, 0.05) is 19.3 Å². The van der Waals surface area contributed by atoms with Crippen LogP contribution >= 0.6 is 0 Å². The molecule has 4 heteroatoms. The highest BCUT2D eigenvalue weighted by molar-refractivity contribution is 5.22. The molecule has 0 atom stereocenters. The van der Waals surface area contributed by atoms with E-state index in [0.717, 1.165) is 26.1 Å². The molecule has 2 aromatic rings. The van der Waals surface area contributed by atoms with Gasteiger partial charge >= 0.3 is 0 Å². The molecule has 19 heavy (non-hydrogen) atoms. The Kier molecular flexibility index (Phi) is 5.10. The Bertz CT molecular complexity index is 459. The summed E-state index contributed by atoms with van der Waals surface area (Å²) in [5, 5.41) is 11.1. The standard InChI is InChI=1S/C15H22N4/c1-13(2)11-14-3-5-15(6-4-14)12-16-7-9-19-10-8-17-18-19/h3-6,8,10,13,16H,7,9,11-12H2,1-2H3. The average molecular weight is 258 g/mol. The highest BCUT2D eigenvalue weighted by atomic mass is 15.4. The average Bonchev–Trinajstić information content (AvgIpc) is 2.89. The molecule has 1 aromatic carbocycles. The predicted octanol–water partition coefficient (Wildman–Crippen LogP) is 2.27. The number of nitrogens with one attached hydrogen (secondary N) is 1. The molecule has 0 radical (unpaired) electrons. The first-order valence-corrected chi connectivity index (χ1v) is 6.86. The molecular weight excluding hydrogens is 236 g/mol. The summed E-state index contributed by atoms with van der Waals surface area (Å²) in [4.78, 5) is 0. The lowest BCUT2D eigenvalue weighted by molar-refractivity contribution is 0.540. The maximum Gasteiger partial charge on any atom is 0.0692 e. The lowest BCUT2D eigenvalue weighted by Crippen LogP contribution is -2.19. The Morgan fingerprint density at radius 3 is 2.53 bits per heavy atom. The van der Waals surface area contributed by atoms with Crippen LogP contribution in [0.5, 0.6) is 0 Å². The molecule has 0 amide bonds. The highest BCUT2D eigenvalue weighted by Gasteiger charge is 1.98. The second-order valence-corrected chi connectivity index (χ2v) is 5.26. The van der Waals surface area contributed by atoms with E-state index in [0.29, 0.717) is 5.92 Å². The smallest absolute Gasteiger partial charge is 0.0692 e. The Morgan fingerprint density at radius 1 is 1.16 bits per heavy atom. The Labute approximate surface area is 114 Å². The second kappa shape index (κ2) is 7.04. The van der Waals surface area contributed by atoms with Gasteiger partial charge < -0.3 is 5.32 Å². The van der Waals surface area contributed by atoms with Crippen molar-refractivity contribution in [1.82, 2.24) is 20.3 Å². The summed E-state index contributed by atoms with van der Waals surface area (Å²) in [6.07, 6.45) is 4.73. The normalized spacial score (nSPS) is 11.1. The van der Waals surface area contributed by atoms with Gasteiger partial charge in [-0.15, -0.1) is 5.10 Å². The summed E-state index contributed by atoms with van der Waals surface area (Å²) in [5.74, 6) is 0.714. The van der Waals surface area contributed by atoms with E-state index < -0.39 is 0 Å². The molecule has 4 nitrogen and oxygen atoms in total. The van der Waals surface area contributed by atoms with Gasteiger partial charge in [0.25, 0.3) is 0 Å². The van der Waals surface area contributed by atoms with Crippen LogP contribution in [0.4, 0.5) is 0 Å². The summed E-state index contributed by atoms with van der Waals surface area (Å²) < 4.78 is 1.83. The van der Waals surface area contributed by atoms with Crippen LogP contribution in [0, 0.1) is 5.92 Å². The fraction of sp³-hybridized carbons (Fsp3) is 0.467. The summed E-state index contributed by atoms with van der Waals surface area (Å²) in [7, 11) is 0. The molecule has 0 unspecified atom stereocenters. The Balaban J connectivity index is 1.71. The monoisotopic (exact) mass is 258 g/mol. The fourth-order valence-corrected chi connectivity index (χ4v) is 2.04. The zero-order valence-electron chi connectivity index (χ0n) is 11.7. The third kappa shape index (κ3) is 4.83. The quantitative estimate of drug-likeness (QED) is 0.775. The van der Waals surface area contributed by atoms with Crippen LogP contribution in [0.2, 0.25) is 0 Å².